The Bertz CT molecular complexity index is 627. The molecule has 2 heteroatoms. The first-order chi connectivity index (χ1) is 9.21. The molecule has 3 heterocycles. The molecule has 1 N–H and O–H groups in total. The quantitative estimate of drug-likeness (QED) is 0.760. The van der Waals surface area contributed by atoms with Gasteiger partial charge in [0, 0.05) is 23.1 Å². The smallest absolute Gasteiger partial charge is 0.0611 e. The minimum atomic E-state index is 0.213. The van der Waals surface area contributed by atoms with E-state index in [0.717, 1.165) is 5.92 Å². The van der Waals surface area contributed by atoms with E-state index < -0.39 is 0 Å². The molecule has 0 aliphatic carbocycles. The van der Waals surface area contributed by atoms with Gasteiger partial charge in [-0.05, 0) is 50.3 Å². The molecule has 0 bridgehead atoms. The summed E-state index contributed by atoms with van der Waals surface area (Å²) in [6.45, 7) is 7.35. The van der Waals surface area contributed by atoms with Crippen molar-refractivity contribution >= 4 is 10.9 Å². The highest BCUT2D eigenvalue weighted by Gasteiger charge is 2.46. The van der Waals surface area contributed by atoms with Gasteiger partial charge in [-0.15, -0.1) is 0 Å². The summed E-state index contributed by atoms with van der Waals surface area (Å²) in [5.74, 6) is 0.730. The first kappa shape index (κ1) is 11.5. The van der Waals surface area contributed by atoms with Crippen molar-refractivity contribution in [2.24, 2.45) is 5.92 Å². The Morgan fingerprint density at radius 3 is 3.00 bits per heavy atom. The Balaban J connectivity index is 1.97. The molecule has 4 rings (SSSR count). The molecule has 0 radical (unpaired) electrons. The van der Waals surface area contributed by atoms with Crippen LogP contribution in [-0.2, 0) is 12.0 Å². The van der Waals surface area contributed by atoms with Crippen molar-refractivity contribution in [2.75, 3.05) is 13.1 Å². The van der Waals surface area contributed by atoms with E-state index in [2.05, 4.69) is 48.0 Å². The van der Waals surface area contributed by atoms with Gasteiger partial charge in [0.2, 0.25) is 0 Å². The monoisotopic (exact) mass is 254 g/mol. The van der Waals surface area contributed by atoms with E-state index in [0.29, 0.717) is 0 Å². The fourth-order valence-electron chi connectivity index (χ4n) is 4.30. The summed E-state index contributed by atoms with van der Waals surface area (Å²) in [4.78, 5) is 6.45. The third kappa shape index (κ3) is 1.41. The zero-order chi connectivity index (χ0) is 13.0. The summed E-state index contributed by atoms with van der Waals surface area (Å²) in [5, 5.41) is 1.44. The van der Waals surface area contributed by atoms with E-state index >= 15 is 0 Å². The van der Waals surface area contributed by atoms with Gasteiger partial charge in [-0.3, -0.25) is 4.90 Å². The number of H-pyrrole nitrogens is 1. The molecule has 1 aromatic carbocycles. The van der Waals surface area contributed by atoms with Crippen LogP contribution in [0.15, 0.2) is 24.3 Å². The fourth-order valence-corrected chi connectivity index (χ4v) is 4.30. The molecule has 0 amide bonds. The van der Waals surface area contributed by atoms with Gasteiger partial charge in [0.1, 0.15) is 0 Å². The van der Waals surface area contributed by atoms with Gasteiger partial charge in [-0.25, -0.2) is 0 Å². The van der Waals surface area contributed by atoms with Crippen LogP contribution in [0.1, 0.15) is 37.9 Å². The Morgan fingerprint density at radius 2 is 2.11 bits per heavy atom. The van der Waals surface area contributed by atoms with Crippen LogP contribution in [0.4, 0.5) is 0 Å². The summed E-state index contributed by atoms with van der Waals surface area (Å²) >= 11 is 0. The fraction of sp³-hybridized carbons (Fsp3) is 0.529. The lowest BCUT2D eigenvalue weighted by Gasteiger charge is -2.51. The summed E-state index contributed by atoms with van der Waals surface area (Å²) in [7, 11) is 0. The molecule has 2 aromatic rings. The van der Waals surface area contributed by atoms with E-state index in [4.69, 9.17) is 0 Å². The van der Waals surface area contributed by atoms with E-state index in [1.165, 1.54) is 48.9 Å². The van der Waals surface area contributed by atoms with Crippen molar-refractivity contribution in [1.82, 2.24) is 9.88 Å². The first-order valence-corrected chi connectivity index (χ1v) is 7.56. The van der Waals surface area contributed by atoms with Gasteiger partial charge in [0.05, 0.1) is 5.54 Å². The van der Waals surface area contributed by atoms with Crippen LogP contribution in [-0.4, -0.2) is 23.0 Å². The van der Waals surface area contributed by atoms with Gasteiger partial charge in [-0.2, -0.15) is 0 Å². The molecule has 0 saturated carbocycles. The maximum Gasteiger partial charge on any atom is 0.0611 e. The summed E-state index contributed by atoms with van der Waals surface area (Å²) in [5.41, 5.74) is 4.59. The zero-order valence-corrected chi connectivity index (χ0v) is 11.9. The molecule has 1 saturated heterocycles. The number of hydrogen-bond donors (Lipinski definition) is 1. The maximum absolute atomic E-state index is 3.74. The third-order valence-electron chi connectivity index (χ3n) is 5.63. The van der Waals surface area contributed by atoms with E-state index in [1.807, 2.05) is 0 Å². The van der Waals surface area contributed by atoms with E-state index in [1.54, 1.807) is 5.56 Å². The zero-order valence-electron chi connectivity index (χ0n) is 11.9. The second kappa shape index (κ2) is 3.86. The highest BCUT2D eigenvalue weighted by atomic mass is 15.2. The maximum atomic E-state index is 3.74. The predicted octanol–water partition coefficient (Wildman–Crippen LogP) is 3.67. The topological polar surface area (TPSA) is 19.0 Å². The van der Waals surface area contributed by atoms with Crippen molar-refractivity contribution in [1.29, 1.82) is 0 Å². The minimum Gasteiger partial charge on any atom is -0.357 e. The van der Waals surface area contributed by atoms with Crippen LogP contribution in [0.25, 0.3) is 10.9 Å². The number of aromatic nitrogens is 1. The number of fused-ring (bicyclic) bond motifs is 5. The lowest BCUT2D eigenvalue weighted by Crippen LogP contribution is -2.55. The summed E-state index contributed by atoms with van der Waals surface area (Å²) < 4.78 is 0. The Morgan fingerprint density at radius 1 is 1.26 bits per heavy atom. The Kier molecular flexibility index (Phi) is 2.34. The SMILES string of the molecule is C[C@@H]1CCCN2CCc3c([nH]c4ccccc34)[C@@]12C. The molecule has 2 nitrogen and oxygen atoms in total. The lowest BCUT2D eigenvalue weighted by atomic mass is 9.73. The minimum absolute atomic E-state index is 0.213. The molecule has 19 heavy (non-hydrogen) atoms. The number of benzene rings is 1. The van der Waals surface area contributed by atoms with Crippen molar-refractivity contribution in [3.8, 4) is 0 Å². The van der Waals surface area contributed by atoms with Crippen LogP contribution in [0.3, 0.4) is 0 Å². The van der Waals surface area contributed by atoms with Crippen LogP contribution in [0, 0.1) is 5.92 Å². The van der Waals surface area contributed by atoms with Gasteiger partial charge in [-0.1, -0.05) is 25.1 Å². The van der Waals surface area contributed by atoms with Crippen molar-refractivity contribution < 1.29 is 0 Å². The normalized spacial score (nSPS) is 31.2. The number of nitrogens with zero attached hydrogens (tertiary/aromatic N) is 1. The highest BCUT2D eigenvalue weighted by molar-refractivity contribution is 5.85. The molecule has 0 spiro atoms. The van der Waals surface area contributed by atoms with Gasteiger partial charge >= 0.3 is 0 Å². The lowest BCUT2D eigenvalue weighted by molar-refractivity contribution is 0.000337. The van der Waals surface area contributed by atoms with Crippen molar-refractivity contribution in [2.45, 2.75) is 38.6 Å². The largest absolute Gasteiger partial charge is 0.357 e. The number of para-hydroxylation sites is 1. The van der Waals surface area contributed by atoms with Crippen molar-refractivity contribution in [3.05, 3.63) is 35.5 Å². The summed E-state index contributed by atoms with van der Waals surface area (Å²) in [6.07, 6.45) is 3.90. The molecule has 1 fully saturated rings. The molecule has 100 valence electrons. The summed E-state index contributed by atoms with van der Waals surface area (Å²) in [6, 6.07) is 8.79. The van der Waals surface area contributed by atoms with Gasteiger partial charge in [0.15, 0.2) is 0 Å². The molecule has 2 atom stereocenters. The molecule has 2 aliphatic rings. The van der Waals surface area contributed by atoms with E-state index in [-0.39, 0.29) is 5.54 Å². The molecule has 0 unspecified atom stereocenters. The number of nitrogens with one attached hydrogen (secondary N) is 1. The van der Waals surface area contributed by atoms with Gasteiger partial charge < -0.3 is 4.98 Å². The average Bonchev–Trinajstić information content (AvgIpc) is 2.80. The average molecular weight is 254 g/mol. The second-order valence-corrected chi connectivity index (χ2v) is 6.45. The second-order valence-electron chi connectivity index (χ2n) is 6.45. The highest BCUT2D eigenvalue weighted by Crippen LogP contribution is 2.46. The number of piperidine rings is 1. The Labute approximate surface area is 114 Å². The van der Waals surface area contributed by atoms with Gasteiger partial charge in [0.25, 0.3) is 0 Å². The van der Waals surface area contributed by atoms with Crippen molar-refractivity contribution in [3.63, 3.8) is 0 Å². The molecule has 1 aromatic heterocycles. The van der Waals surface area contributed by atoms with Crippen LogP contribution >= 0.6 is 0 Å². The van der Waals surface area contributed by atoms with Crippen LogP contribution in [0.2, 0.25) is 0 Å². The number of rotatable bonds is 0. The first-order valence-electron chi connectivity index (χ1n) is 7.56. The standard InChI is InChI=1S/C17H22N2/c1-12-6-5-10-19-11-9-14-13-7-3-4-8-15(13)18-16(14)17(12,19)2/h3-4,7-8,12,18H,5-6,9-11H2,1-2H3/t12-,17-/m1/s1. The molecular formula is C17H22N2. The molecular weight excluding hydrogens is 232 g/mol. The predicted molar refractivity (Wildman–Crippen MR) is 79.3 cm³/mol. The van der Waals surface area contributed by atoms with E-state index in [9.17, 15) is 0 Å². The van der Waals surface area contributed by atoms with Crippen LogP contribution in [0.5, 0.6) is 0 Å². The third-order valence-corrected chi connectivity index (χ3v) is 5.63. The Hall–Kier alpha value is -1.28. The van der Waals surface area contributed by atoms with Crippen LogP contribution < -0.4 is 0 Å². The number of aromatic amines is 1. The molecule has 2 aliphatic heterocycles. The number of hydrogen-bond acceptors (Lipinski definition) is 1.